The van der Waals surface area contributed by atoms with Crippen LogP contribution in [0.1, 0.15) is 22.3 Å². The van der Waals surface area contributed by atoms with E-state index in [1.165, 1.54) is 5.56 Å². The molecular formula is C46H27N5. The number of aromatic nitrogens is 2. The van der Waals surface area contributed by atoms with Crippen molar-refractivity contribution in [2.75, 3.05) is 0 Å². The lowest BCUT2D eigenvalue weighted by Crippen LogP contribution is -2.01. The van der Waals surface area contributed by atoms with Gasteiger partial charge >= 0.3 is 0 Å². The van der Waals surface area contributed by atoms with Crippen LogP contribution in [0, 0.1) is 40.9 Å². The second-order valence-electron chi connectivity index (χ2n) is 12.8. The van der Waals surface area contributed by atoms with Crippen molar-refractivity contribution in [2.45, 2.75) is 6.92 Å². The molecule has 0 fully saturated rings. The Bertz CT molecular complexity index is 3010. The Morgan fingerprint density at radius 3 is 1.71 bits per heavy atom. The van der Waals surface area contributed by atoms with E-state index in [0.29, 0.717) is 27.8 Å². The summed E-state index contributed by atoms with van der Waals surface area (Å²) in [6.07, 6.45) is 0. The third-order valence-corrected chi connectivity index (χ3v) is 9.88. The Kier molecular flexibility index (Phi) is 6.78. The van der Waals surface area contributed by atoms with Crippen molar-refractivity contribution in [2.24, 2.45) is 0 Å². The molecule has 9 aromatic rings. The Balaban J connectivity index is 1.38. The van der Waals surface area contributed by atoms with E-state index in [2.05, 4.69) is 101 Å². The summed E-state index contributed by atoms with van der Waals surface area (Å²) in [5.41, 5.74) is 11.6. The quantitative estimate of drug-likeness (QED) is 0.190. The maximum atomic E-state index is 10.9. The first-order valence-electron chi connectivity index (χ1n) is 16.7. The normalized spacial score (nSPS) is 11.2. The van der Waals surface area contributed by atoms with Gasteiger partial charge in [0.05, 0.1) is 50.9 Å². The fraction of sp³-hybridized carbons (Fsp3) is 0.0217. The Morgan fingerprint density at radius 1 is 0.431 bits per heavy atom. The van der Waals surface area contributed by atoms with Crippen LogP contribution < -0.4 is 0 Å². The Labute approximate surface area is 294 Å². The second-order valence-corrected chi connectivity index (χ2v) is 12.8. The predicted octanol–water partition coefficient (Wildman–Crippen LogP) is 11.1. The summed E-state index contributed by atoms with van der Waals surface area (Å²) in [5.74, 6) is 0. The zero-order valence-electron chi connectivity index (χ0n) is 27.6. The first kappa shape index (κ1) is 29.7. The number of nitriles is 3. The SMILES string of the molecule is Cc1ccc2c(c1)c1ccccc1n2-c1cc(-c2ccccc2)c(C#N)c(-c2cc(-n3c4ccccc4c4cc(C#N)ccc43)ccc2C#N)c1. The summed E-state index contributed by atoms with van der Waals surface area (Å²) in [4.78, 5) is 0. The lowest BCUT2D eigenvalue weighted by molar-refractivity contribution is 1.17. The number of hydrogen-bond acceptors (Lipinski definition) is 3. The lowest BCUT2D eigenvalue weighted by Gasteiger charge is -2.18. The molecule has 0 amide bonds. The van der Waals surface area contributed by atoms with E-state index in [1.807, 2.05) is 78.9 Å². The summed E-state index contributed by atoms with van der Waals surface area (Å²) in [6, 6.07) is 56.0. The third kappa shape index (κ3) is 4.60. The van der Waals surface area contributed by atoms with E-state index in [9.17, 15) is 15.8 Å². The van der Waals surface area contributed by atoms with Gasteiger partial charge in [-0.3, -0.25) is 0 Å². The molecule has 0 N–H and O–H groups in total. The van der Waals surface area contributed by atoms with Crippen LogP contribution in [0.2, 0.25) is 0 Å². The van der Waals surface area contributed by atoms with Crippen LogP contribution in [0.25, 0.3) is 77.2 Å². The van der Waals surface area contributed by atoms with Crippen molar-refractivity contribution in [1.82, 2.24) is 9.13 Å². The summed E-state index contributed by atoms with van der Waals surface area (Å²) in [7, 11) is 0. The molecule has 0 spiro atoms. The zero-order chi connectivity index (χ0) is 34.6. The standard InChI is InChI=1S/C46H27N5/c1-29-15-19-45-40(21-29)35-11-5-8-14-44(35)51(45)34-24-37(31-9-3-2-4-10-31)42(28-49)39(25-34)38-23-33(18-17-32(38)27-48)50-43-13-7-6-12-36(43)41-22-30(26-47)16-20-46(41)50/h2-25H,1H3. The van der Waals surface area contributed by atoms with Gasteiger partial charge in [-0.25, -0.2) is 0 Å². The highest BCUT2D eigenvalue weighted by atomic mass is 15.0. The van der Waals surface area contributed by atoms with E-state index in [1.54, 1.807) is 0 Å². The lowest BCUT2D eigenvalue weighted by atomic mass is 9.89. The second kappa shape index (κ2) is 11.6. The van der Waals surface area contributed by atoms with Gasteiger partial charge in [0.25, 0.3) is 0 Å². The van der Waals surface area contributed by atoms with Gasteiger partial charge in [0.2, 0.25) is 0 Å². The average molecular weight is 650 g/mol. The van der Waals surface area contributed by atoms with Crippen molar-refractivity contribution in [3.05, 3.63) is 168 Å². The molecule has 0 aliphatic heterocycles. The number of hydrogen-bond donors (Lipinski definition) is 0. The molecule has 0 saturated carbocycles. The molecule has 9 rings (SSSR count). The Hall–Kier alpha value is -7.39. The number of nitrogens with zero attached hydrogens (tertiary/aromatic N) is 5. The number of rotatable bonds is 4. The van der Waals surface area contributed by atoms with Gasteiger partial charge in [-0.15, -0.1) is 0 Å². The van der Waals surface area contributed by atoms with Crippen molar-refractivity contribution in [3.8, 4) is 51.8 Å². The predicted molar refractivity (Wildman–Crippen MR) is 205 cm³/mol. The van der Waals surface area contributed by atoms with Crippen LogP contribution in [0.4, 0.5) is 0 Å². The molecule has 236 valence electrons. The molecule has 0 atom stereocenters. The topological polar surface area (TPSA) is 81.2 Å². The van der Waals surface area contributed by atoms with Crippen molar-refractivity contribution in [3.63, 3.8) is 0 Å². The van der Waals surface area contributed by atoms with Crippen molar-refractivity contribution >= 4 is 43.6 Å². The minimum Gasteiger partial charge on any atom is -0.309 e. The van der Waals surface area contributed by atoms with Gasteiger partial charge in [-0.05, 0) is 85.3 Å². The summed E-state index contributed by atoms with van der Waals surface area (Å²) >= 11 is 0. The van der Waals surface area contributed by atoms with Gasteiger partial charge in [-0.2, -0.15) is 15.8 Å². The molecule has 51 heavy (non-hydrogen) atoms. The van der Waals surface area contributed by atoms with Gasteiger partial charge < -0.3 is 9.13 Å². The summed E-state index contributed by atoms with van der Waals surface area (Å²) in [5, 5.41) is 35.4. The minimum absolute atomic E-state index is 0.469. The van der Waals surface area contributed by atoms with Crippen molar-refractivity contribution in [1.29, 1.82) is 15.8 Å². The average Bonchev–Trinajstić information content (AvgIpc) is 3.69. The largest absolute Gasteiger partial charge is 0.309 e. The highest BCUT2D eigenvalue weighted by molar-refractivity contribution is 6.11. The maximum absolute atomic E-state index is 10.9. The molecule has 0 aliphatic carbocycles. The fourth-order valence-corrected chi connectivity index (χ4v) is 7.61. The zero-order valence-corrected chi connectivity index (χ0v) is 27.6. The maximum Gasteiger partial charge on any atom is 0.100 e. The monoisotopic (exact) mass is 649 g/mol. The van der Waals surface area contributed by atoms with E-state index in [-0.39, 0.29) is 0 Å². The molecule has 2 heterocycles. The van der Waals surface area contributed by atoms with E-state index in [4.69, 9.17) is 0 Å². The first-order valence-corrected chi connectivity index (χ1v) is 16.7. The smallest absolute Gasteiger partial charge is 0.100 e. The highest BCUT2D eigenvalue weighted by Gasteiger charge is 2.21. The van der Waals surface area contributed by atoms with Crippen LogP contribution in [-0.2, 0) is 0 Å². The third-order valence-electron chi connectivity index (χ3n) is 9.88. The highest BCUT2D eigenvalue weighted by Crippen LogP contribution is 2.41. The molecular weight excluding hydrogens is 623 g/mol. The number of fused-ring (bicyclic) bond motifs is 6. The van der Waals surface area contributed by atoms with Gasteiger partial charge in [0.15, 0.2) is 0 Å². The summed E-state index contributed by atoms with van der Waals surface area (Å²) < 4.78 is 4.43. The van der Waals surface area contributed by atoms with Gasteiger partial charge in [0, 0.05) is 49.6 Å². The fourth-order valence-electron chi connectivity index (χ4n) is 7.61. The van der Waals surface area contributed by atoms with Crippen LogP contribution in [0.5, 0.6) is 0 Å². The molecule has 5 heteroatoms. The first-order chi connectivity index (χ1) is 25.1. The molecule has 2 aromatic heterocycles. The summed E-state index contributed by atoms with van der Waals surface area (Å²) in [6.45, 7) is 2.11. The number of benzene rings is 7. The molecule has 7 aromatic carbocycles. The molecule has 0 aliphatic rings. The molecule has 5 nitrogen and oxygen atoms in total. The molecule has 0 saturated heterocycles. The van der Waals surface area contributed by atoms with E-state index >= 15 is 0 Å². The van der Waals surface area contributed by atoms with E-state index in [0.717, 1.165) is 66.1 Å². The molecule has 0 bridgehead atoms. The van der Waals surface area contributed by atoms with Crippen molar-refractivity contribution < 1.29 is 0 Å². The Morgan fingerprint density at radius 2 is 1.02 bits per heavy atom. The number of aryl methyl sites for hydroxylation is 1. The van der Waals surface area contributed by atoms with Gasteiger partial charge in [-0.1, -0.05) is 78.4 Å². The van der Waals surface area contributed by atoms with Crippen LogP contribution >= 0.6 is 0 Å². The molecule has 0 unspecified atom stereocenters. The number of para-hydroxylation sites is 2. The van der Waals surface area contributed by atoms with Crippen LogP contribution in [-0.4, -0.2) is 9.13 Å². The minimum atomic E-state index is 0.469. The van der Waals surface area contributed by atoms with Crippen LogP contribution in [0.3, 0.4) is 0 Å². The van der Waals surface area contributed by atoms with Crippen LogP contribution in [0.15, 0.2) is 146 Å². The molecule has 0 radical (unpaired) electrons. The van der Waals surface area contributed by atoms with E-state index < -0.39 is 0 Å². The van der Waals surface area contributed by atoms with Gasteiger partial charge in [0.1, 0.15) is 6.07 Å².